The van der Waals surface area contributed by atoms with E-state index >= 15 is 0 Å². The molecule has 81 valence electrons. The van der Waals surface area contributed by atoms with Gasteiger partial charge in [-0.1, -0.05) is 19.1 Å². The van der Waals surface area contributed by atoms with Gasteiger partial charge in [-0.2, -0.15) is 0 Å². The Morgan fingerprint density at radius 1 is 1.50 bits per heavy atom. The molecule has 14 heavy (non-hydrogen) atoms. The highest BCUT2D eigenvalue weighted by atomic mass is 16.5. The van der Waals surface area contributed by atoms with Crippen LogP contribution in [0.3, 0.4) is 0 Å². The minimum atomic E-state index is -0.131. The van der Waals surface area contributed by atoms with Crippen molar-refractivity contribution in [2.24, 2.45) is 11.8 Å². The van der Waals surface area contributed by atoms with Crippen molar-refractivity contribution in [1.82, 2.24) is 0 Å². The van der Waals surface area contributed by atoms with Crippen molar-refractivity contribution in [3.8, 4) is 0 Å². The van der Waals surface area contributed by atoms with Crippen LogP contribution in [0.4, 0.5) is 0 Å². The van der Waals surface area contributed by atoms with Gasteiger partial charge in [-0.3, -0.25) is 0 Å². The molecule has 3 atom stereocenters. The summed E-state index contributed by atoms with van der Waals surface area (Å²) < 4.78 is 5.60. The second kappa shape index (κ2) is 5.52. The van der Waals surface area contributed by atoms with Gasteiger partial charge in [0.25, 0.3) is 0 Å². The lowest BCUT2D eigenvalue weighted by Gasteiger charge is -2.35. The third-order valence-electron chi connectivity index (χ3n) is 3.10. The molecule has 0 amide bonds. The van der Waals surface area contributed by atoms with E-state index in [-0.39, 0.29) is 12.7 Å². The van der Waals surface area contributed by atoms with Crippen LogP contribution in [0.1, 0.15) is 33.1 Å². The fourth-order valence-electron chi connectivity index (χ4n) is 2.28. The van der Waals surface area contributed by atoms with Gasteiger partial charge in [-0.05, 0) is 32.1 Å². The van der Waals surface area contributed by atoms with E-state index in [1.807, 2.05) is 0 Å². The molecule has 2 heteroatoms. The van der Waals surface area contributed by atoms with Crippen LogP contribution in [0.5, 0.6) is 0 Å². The molecule has 1 fully saturated rings. The molecular weight excluding hydrogens is 176 g/mol. The van der Waals surface area contributed by atoms with Crippen LogP contribution in [-0.2, 0) is 9.84 Å². The lowest BCUT2D eigenvalue weighted by molar-refractivity contribution is -0.0353. The monoisotopic (exact) mass is 197 g/mol. The molecule has 0 spiro atoms. The Kier molecular flexibility index (Phi) is 4.63. The Morgan fingerprint density at radius 3 is 2.79 bits per heavy atom. The van der Waals surface area contributed by atoms with Crippen molar-refractivity contribution in [2.75, 3.05) is 13.2 Å². The zero-order valence-electron chi connectivity index (χ0n) is 9.29. The minimum absolute atomic E-state index is 0.131. The molecule has 1 radical (unpaired) electrons. The first-order chi connectivity index (χ1) is 6.65. The Hall–Kier alpha value is -0.340. The fraction of sp³-hybridized carbons (Fsp3) is 0.833. The molecular formula is C12H21O2. The minimum Gasteiger partial charge on any atom is -0.375 e. The molecule has 1 rings (SSSR count). The summed E-state index contributed by atoms with van der Waals surface area (Å²) in [5.41, 5.74) is 1.20. The van der Waals surface area contributed by atoms with Crippen molar-refractivity contribution in [3.05, 3.63) is 12.2 Å². The van der Waals surface area contributed by atoms with E-state index in [0.29, 0.717) is 12.5 Å². The van der Waals surface area contributed by atoms with Gasteiger partial charge in [0.15, 0.2) is 0 Å². The Balaban J connectivity index is 2.50. The summed E-state index contributed by atoms with van der Waals surface area (Å²) in [5, 5.41) is 10.4. The van der Waals surface area contributed by atoms with E-state index in [2.05, 4.69) is 20.4 Å². The summed E-state index contributed by atoms with van der Waals surface area (Å²) in [6.45, 7) is 8.54. The van der Waals surface area contributed by atoms with E-state index < -0.39 is 0 Å². The van der Waals surface area contributed by atoms with Crippen LogP contribution in [0.2, 0.25) is 0 Å². The third-order valence-corrected chi connectivity index (χ3v) is 3.10. The fourth-order valence-corrected chi connectivity index (χ4v) is 2.28. The van der Waals surface area contributed by atoms with Gasteiger partial charge in [0.2, 0.25) is 0 Å². The van der Waals surface area contributed by atoms with Crippen molar-refractivity contribution in [1.29, 1.82) is 0 Å². The highest BCUT2D eigenvalue weighted by Crippen LogP contribution is 2.34. The maximum atomic E-state index is 10.4. The maximum absolute atomic E-state index is 10.4. The molecule has 2 nitrogen and oxygen atoms in total. The van der Waals surface area contributed by atoms with E-state index in [0.717, 1.165) is 12.3 Å². The Labute approximate surface area is 87.0 Å². The molecule has 3 unspecified atom stereocenters. The molecule has 1 aliphatic rings. The third kappa shape index (κ3) is 3.10. The summed E-state index contributed by atoms with van der Waals surface area (Å²) in [7, 11) is 0. The maximum Gasteiger partial charge on any atom is 0.106 e. The van der Waals surface area contributed by atoms with Crippen LogP contribution in [0.25, 0.3) is 0 Å². The molecule has 0 N–H and O–H groups in total. The summed E-state index contributed by atoms with van der Waals surface area (Å²) >= 11 is 0. The second-order valence-electron chi connectivity index (χ2n) is 4.48. The molecule has 0 aromatic carbocycles. The largest absolute Gasteiger partial charge is 0.375 e. The predicted molar refractivity (Wildman–Crippen MR) is 56.6 cm³/mol. The first-order valence-corrected chi connectivity index (χ1v) is 5.50. The Bertz CT molecular complexity index is 189. The smallest absolute Gasteiger partial charge is 0.106 e. The van der Waals surface area contributed by atoms with Crippen molar-refractivity contribution < 1.29 is 9.84 Å². The zero-order valence-corrected chi connectivity index (χ0v) is 9.29. The topological polar surface area (TPSA) is 29.1 Å². The highest BCUT2D eigenvalue weighted by molar-refractivity contribution is 5.02. The molecule has 1 aliphatic carbocycles. The van der Waals surface area contributed by atoms with Crippen LogP contribution >= 0.6 is 0 Å². The first-order valence-electron chi connectivity index (χ1n) is 5.50. The van der Waals surface area contributed by atoms with Gasteiger partial charge < -0.3 is 4.74 Å². The summed E-state index contributed by atoms with van der Waals surface area (Å²) in [6, 6.07) is 0. The molecule has 0 heterocycles. The van der Waals surface area contributed by atoms with E-state index in [1.54, 1.807) is 0 Å². The number of ether oxygens (including phenoxy) is 1. The quantitative estimate of drug-likeness (QED) is 0.637. The molecule has 0 saturated heterocycles. The van der Waals surface area contributed by atoms with Crippen molar-refractivity contribution in [2.45, 2.75) is 39.2 Å². The lowest BCUT2D eigenvalue weighted by Crippen LogP contribution is -2.32. The average Bonchev–Trinajstić information content (AvgIpc) is 2.14. The highest BCUT2D eigenvalue weighted by Gasteiger charge is 2.29. The molecule has 0 aromatic heterocycles. The van der Waals surface area contributed by atoms with Crippen LogP contribution in [-0.4, -0.2) is 19.3 Å². The molecule has 0 bridgehead atoms. The van der Waals surface area contributed by atoms with E-state index in [4.69, 9.17) is 4.74 Å². The number of hydrogen-bond donors (Lipinski definition) is 0. The van der Waals surface area contributed by atoms with E-state index in [1.165, 1.54) is 18.4 Å². The summed E-state index contributed by atoms with van der Waals surface area (Å²) in [5.74, 6) is 1.19. The van der Waals surface area contributed by atoms with Gasteiger partial charge in [0, 0.05) is 5.92 Å². The van der Waals surface area contributed by atoms with E-state index in [9.17, 15) is 5.11 Å². The summed E-state index contributed by atoms with van der Waals surface area (Å²) in [6.07, 6.45) is 3.75. The molecule has 0 aromatic rings. The zero-order chi connectivity index (χ0) is 10.6. The van der Waals surface area contributed by atoms with Crippen molar-refractivity contribution in [3.63, 3.8) is 0 Å². The van der Waals surface area contributed by atoms with Gasteiger partial charge >= 0.3 is 0 Å². The summed E-state index contributed by atoms with van der Waals surface area (Å²) in [4.78, 5) is 0. The average molecular weight is 197 g/mol. The van der Waals surface area contributed by atoms with Crippen LogP contribution in [0.15, 0.2) is 12.2 Å². The lowest BCUT2D eigenvalue weighted by atomic mass is 9.78. The Morgan fingerprint density at radius 2 is 2.21 bits per heavy atom. The van der Waals surface area contributed by atoms with Gasteiger partial charge in [0.1, 0.15) is 6.61 Å². The predicted octanol–water partition coefficient (Wildman–Crippen LogP) is 2.81. The molecule has 0 aliphatic heterocycles. The van der Waals surface area contributed by atoms with Gasteiger partial charge in [0.05, 0.1) is 12.7 Å². The molecule has 1 saturated carbocycles. The van der Waals surface area contributed by atoms with Gasteiger partial charge in [-0.25, -0.2) is 5.11 Å². The number of hydrogen-bond acceptors (Lipinski definition) is 1. The van der Waals surface area contributed by atoms with Crippen LogP contribution in [0, 0.1) is 11.8 Å². The second-order valence-corrected chi connectivity index (χ2v) is 4.48. The standard InChI is InChI=1S/C12H21O2/c1-9(2)11-5-4-10(3)8-12(11)14-7-6-13/h10-12H,1,4-8H2,2-3H3. The van der Waals surface area contributed by atoms with Crippen LogP contribution < -0.4 is 0 Å². The first kappa shape index (κ1) is 11.7. The van der Waals surface area contributed by atoms with Gasteiger partial charge in [-0.15, -0.1) is 0 Å². The number of rotatable bonds is 4. The van der Waals surface area contributed by atoms with Crippen molar-refractivity contribution >= 4 is 0 Å². The normalized spacial score (nSPS) is 32.9. The SMILES string of the molecule is C=C(C)C1CCC(C)CC1OCC[O].